The molecule has 2 aromatic heterocycles. The first-order valence-electron chi connectivity index (χ1n) is 5.84. The van der Waals surface area contributed by atoms with Crippen molar-refractivity contribution >= 4 is 16.8 Å². The second-order valence-corrected chi connectivity index (χ2v) is 4.01. The van der Waals surface area contributed by atoms with Crippen LogP contribution in [0, 0.1) is 0 Å². The predicted molar refractivity (Wildman–Crippen MR) is 67.5 cm³/mol. The molecular weight excluding hydrogens is 228 g/mol. The Balaban J connectivity index is 2.06. The van der Waals surface area contributed by atoms with Gasteiger partial charge < -0.3 is 8.98 Å². The summed E-state index contributed by atoms with van der Waals surface area (Å²) >= 11 is 0. The highest BCUT2D eigenvalue weighted by Crippen LogP contribution is 2.20. The number of rotatable bonds is 3. The Morgan fingerprint density at radius 3 is 3.00 bits per heavy atom. The standard InChI is InChI=1S/C14H12N2O2/c1-2-16-8-7-15-14(16)13(17)12-9-10-5-3-4-6-11(10)18-12/h3-9H,2H2,1H3. The molecule has 3 aromatic rings. The molecule has 4 heteroatoms. The van der Waals surface area contributed by atoms with Gasteiger partial charge in [0.2, 0.25) is 0 Å². The first-order chi connectivity index (χ1) is 8.79. The number of aryl methyl sites for hydroxylation is 1. The van der Waals surface area contributed by atoms with E-state index in [9.17, 15) is 4.79 Å². The highest BCUT2D eigenvalue weighted by Gasteiger charge is 2.18. The van der Waals surface area contributed by atoms with Crippen molar-refractivity contribution in [1.82, 2.24) is 9.55 Å². The summed E-state index contributed by atoms with van der Waals surface area (Å²) in [7, 11) is 0. The van der Waals surface area contributed by atoms with Crippen molar-refractivity contribution in [2.75, 3.05) is 0 Å². The summed E-state index contributed by atoms with van der Waals surface area (Å²) in [6.45, 7) is 2.68. The van der Waals surface area contributed by atoms with E-state index in [1.165, 1.54) is 0 Å². The molecule has 0 saturated heterocycles. The fourth-order valence-corrected chi connectivity index (χ4v) is 1.98. The van der Waals surface area contributed by atoms with Crippen molar-refractivity contribution in [2.45, 2.75) is 13.5 Å². The van der Waals surface area contributed by atoms with E-state index >= 15 is 0 Å². The number of hydrogen-bond donors (Lipinski definition) is 0. The molecule has 0 radical (unpaired) electrons. The van der Waals surface area contributed by atoms with E-state index < -0.39 is 0 Å². The Morgan fingerprint density at radius 1 is 1.39 bits per heavy atom. The Labute approximate surface area is 104 Å². The molecular formula is C14H12N2O2. The largest absolute Gasteiger partial charge is 0.452 e. The summed E-state index contributed by atoms with van der Waals surface area (Å²) in [6.07, 6.45) is 3.41. The highest BCUT2D eigenvalue weighted by molar-refractivity contribution is 6.06. The van der Waals surface area contributed by atoms with Crippen LogP contribution in [0.5, 0.6) is 0 Å². The molecule has 1 aromatic carbocycles. The third-order valence-corrected chi connectivity index (χ3v) is 2.91. The predicted octanol–water partition coefficient (Wildman–Crippen LogP) is 2.88. The van der Waals surface area contributed by atoms with Crippen LogP contribution in [0.25, 0.3) is 11.0 Å². The summed E-state index contributed by atoms with van der Waals surface area (Å²) < 4.78 is 7.35. The van der Waals surface area contributed by atoms with Crippen molar-refractivity contribution in [2.24, 2.45) is 0 Å². The Kier molecular flexibility index (Phi) is 2.48. The van der Waals surface area contributed by atoms with Crippen LogP contribution in [-0.2, 0) is 6.54 Å². The summed E-state index contributed by atoms with van der Waals surface area (Å²) in [5, 5.41) is 0.926. The van der Waals surface area contributed by atoms with Gasteiger partial charge in [0.1, 0.15) is 5.58 Å². The molecule has 0 aliphatic rings. The minimum Gasteiger partial charge on any atom is -0.452 e. The number of hydrogen-bond acceptors (Lipinski definition) is 3. The molecule has 0 aliphatic heterocycles. The lowest BCUT2D eigenvalue weighted by Crippen LogP contribution is -2.09. The maximum atomic E-state index is 12.3. The summed E-state index contributed by atoms with van der Waals surface area (Å²) in [5.74, 6) is 0.562. The summed E-state index contributed by atoms with van der Waals surface area (Å²) in [5.41, 5.74) is 0.718. The van der Waals surface area contributed by atoms with Crippen molar-refractivity contribution < 1.29 is 9.21 Å². The smallest absolute Gasteiger partial charge is 0.263 e. The van der Waals surface area contributed by atoms with Gasteiger partial charge in [0, 0.05) is 24.3 Å². The third kappa shape index (κ3) is 1.62. The molecule has 0 saturated carbocycles. The zero-order valence-corrected chi connectivity index (χ0v) is 9.96. The van der Waals surface area contributed by atoms with E-state index in [4.69, 9.17) is 4.42 Å². The van der Waals surface area contributed by atoms with Crippen LogP contribution in [0.15, 0.2) is 47.1 Å². The molecule has 0 amide bonds. The second-order valence-electron chi connectivity index (χ2n) is 4.01. The van der Waals surface area contributed by atoms with Crippen LogP contribution < -0.4 is 0 Å². The Morgan fingerprint density at radius 2 is 2.22 bits per heavy atom. The number of carbonyl (C=O) groups excluding carboxylic acids is 1. The van der Waals surface area contributed by atoms with E-state index in [0.717, 1.165) is 11.0 Å². The molecule has 0 spiro atoms. The van der Waals surface area contributed by atoms with Crippen molar-refractivity contribution in [3.8, 4) is 0 Å². The van der Waals surface area contributed by atoms with Gasteiger partial charge in [-0.1, -0.05) is 18.2 Å². The molecule has 0 bridgehead atoms. The number of aromatic nitrogens is 2. The third-order valence-electron chi connectivity index (χ3n) is 2.91. The molecule has 0 fully saturated rings. The minimum absolute atomic E-state index is 0.182. The maximum absolute atomic E-state index is 12.3. The van der Waals surface area contributed by atoms with E-state index in [-0.39, 0.29) is 5.78 Å². The van der Waals surface area contributed by atoms with Gasteiger partial charge in [0.05, 0.1) is 0 Å². The first kappa shape index (κ1) is 10.8. The van der Waals surface area contributed by atoms with E-state index in [0.29, 0.717) is 18.1 Å². The normalized spacial score (nSPS) is 10.9. The lowest BCUT2D eigenvalue weighted by Gasteiger charge is -2.00. The van der Waals surface area contributed by atoms with E-state index in [2.05, 4.69) is 4.98 Å². The number of ketones is 1. The minimum atomic E-state index is -0.182. The fourth-order valence-electron chi connectivity index (χ4n) is 1.98. The van der Waals surface area contributed by atoms with Gasteiger partial charge in [-0.15, -0.1) is 0 Å². The number of imidazole rings is 1. The quantitative estimate of drug-likeness (QED) is 0.661. The lowest BCUT2D eigenvalue weighted by atomic mass is 10.2. The molecule has 4 nitrogen and oxygen atoms in total. The van der Waals surface area contributed by atoms with Gasteiger partial charge in [-0.25, -0.2) is 4.98 Å². The zero-order chi connectivity index (χ0) is 12.5. The van der Waals surface area contributed by atoms with Gasteiger partial charge in [0.15, 0.2) is 11.6 Å². The number of para-hydroxylation sites is 1. The van der Waals surface area contributed by atoms with Crippen LogP contribution in [0.2, 0.25) is 0 Å². The number of furan rings is 1. The molecule has 18 heavy (non-hydrogen) atoms. The number of nitrogens with zero attached hydrogens (tertiary/aromatic N) is 2. The van der Waals surface area contributed by atoms with Crippen LogP contribution in [-0.4, -0.2) is 15.3 Å². The Hall–Kier alpha value is -2.36. The molecule has 2 heterocycles. The number of benzene rings is 1. The first-order valence-corrected chi connectivity index (χ1v) is 5.84. The topological polar surface area (TPSA) is 48.0 Å². The molecule has 0 aliphatic carbocycles. The Bertz CT molecular complexity index is 676. The zero-order valence-electron chi connectivity index (χ0n) is 9.96. The van der Waals surface area contributed by atoms with Gasteiger partial charge in [-0.05, 0) is 19.1 Å². The summed E-state index contributed by atoms with van der Waals surface area (Å²) in [4.78, 5) is 16.4. The van der Waals surface area contributed by atoms with Gasteiger partial charge in [0.25, 0.3) is 5.78 Å². The van der Waals surface area contributed by atoms with Crippen LogP contribution in [0.4, 0.5) is 0 Å². The molecule has 0 N–H and O–H groups in total. The monoisotopic (exact) mass is 240 g/mol. The average molecular weight is 240 g/mol. The average Bonchev–Trinajstić information content (AvgIpc) is 3.03. The van der Waals surface area contributed by atoms with E-state index in [1.807, 2.05) is 31.2 Å². The highest BCUT2D eigenvalue weighted by atomic mass is 16.3. The van der Waals surface area contributed by atoms with Crippen molar-refractivity contribution in [3.05, 3.63) is 54.3 Å². The van der Waals surface area contributed by atoms with Crippen LogP contribution >= 0.6 is 0 Å². The van der Waals surface area contributed by atoms with E-state index in [1.54, 1.807) is 23.0 Å². The molecule has 3 rings (SSSR count). The van der Waals surface area contributed by atoms with Crippen molar-refractivity contribution in [3.63, 3.8) is 0 Å². The van der Waals surface area contributed by atoms with Crippen LogP contribution in [0.1, 0.15) is 23.3 Å². The summed E-state index contributed by atoms with van der Waals surface area (Å²) in [6, 6.07) is 9.32. The molecule has 90 valence electrons. The van der Waals surface area contributed by atoms with Gasteiger partial charge >= 0.3 is 0 Å². The van der Waals surface area contributed by atoms with Crippen LogP contribution in [0.3, 0.4) is 0 Å². The number of fused-ring (bicyclic) bond motifs is 1. The maximum Gasteiger partial charge on any atom is 0.263 e. The number of carbonyl (C=O) groups is 1. The second kappa shape index (κ2) is 4.14. The molecule has 0 unspecified atom stereocenters. The van der Waals surface area contributed by atoms with Gasteiger partial charge in [-0.2, -0.15) is 0 Å². The SMILES string of the molecule is CCn1ccnc1C(=O)c1cc2ccccc2o1. The van der Waals surface area contributed by atoms with Crippen molar-refractivity contribution in [1.29, 1.82) is 0 Å². The van der Waals surface area contributed by atoms with Gasteiger partial charge in [-0.3, -0.25) is 4.79 Å². The lowest BCUT2D eigenvalue weighted by molar-refractivity contribution is 0.0997. The fraction of sp³-hybridized carbons (Fsp3) is 0.143. The molecule has 0 atom stereocenters.